The average Bonchev–Trinajstić information content (AvgIpc) is 2.77. The predicted molar refractivity (Wildman–Crippen MR) is 125 cm³/mol. The number of Topliss-reactive ketones (excluding diaryl/α,β-unsaturated/α-hetero) is 2. The maximum Gasteiger partial charge on any atom is 0.224 e. The normalized spacial score (nSPS) is 11.5. The zero-order valence-corrected chi connectivity index (χ0v) is 18.7. The van der Waals surface area contributed by atoms with E-state index in [0.29, 0.717) is 37.2 Å². The minimum Gasteiger partial charge on any atom is -0.383 e. The molecule has 5 nitrogen and oxygen atoms in total. The first-order valence-corrected chi connectivity index (χ1v) is 11.2. The molecule has 2 aromatic carbocycles. The summed E-state index contributed by atoms with van der Waals surface area (Å²) in [5.41, 5.74) is 2.51. The number of rotatable bonds is 14. The lowest BCUT2D eigenvalue weighted by atomic mass is 10.0. The highest BCUT2D eigenvalue weighted by Crippen LogP contribution is 2.13. The van der Waals surface area contributed by atoms with Crippen LogP contribution in [0.4, 0.5) is 5.69 Å². The summed E-state index contributed by atoms with van der Waals surface area (Å²) in [5, 5.41) is 6.51. The first-order chi connectivity index (χ1) is 15.0. The number of ketones is 2. The van der Waals surface area contributed by atoms with Crippen LogP contribution in [0.3, 0.4) is 0 Å². The van der Waals surface area contributed by atoms with Gasteiger partial charge in [0.25, 0.3) is 0 Å². The topological polar surface area (TPSA) is 75.3 Å². The Hall–Kier alpha value is -2.95. The van der Waals surface area contributed by atoms with Gasteiger partial charge in [-0.25, -0.2) is 0 Å². The van der Waals surface area contributed by atoms with Crippen LogP contribution in [0.1, 0.15) is 68.3 Å². The third-order valence-electron chi connectivity index (χ3n) is 5.30. The molecule has 1 amide bonds. The molecule has 0 aromatic heterocycles. The molecule has 2 N–H and O–H groups in total. The van der Waals surface area contributed by atoms with Crippen molar-refractivity contribution >= 4 is 23.2 Å². The van der Waals surface area contributed by atoms with E-state index in [1.165, 1.54) is 0 Å². The molecule has 1 unspecified atom stereocenters. The van der Waals surface area contributed by atoms with Crippen molar-refractivity contribution in [2.45, 2.75) is 64.8 Å². The van der Waals surface area contributed by atoms with E-state index in [1.807, 2.05) is 55.5 Å². The van der Waals surface area contributed by atoms with E-state index in [0.717, 1.165) is 36.9 Å². The second kappa shape index (κ2) is 13.4. The zero-order valence-electron chi connectivity index (χ0n) is 18.7. The van der Waals surface area contributed by atoms with E-state index in [9.17, 15) is 14.4 Å². The molecule has 0 aliphatic heterocycles. The van der Waals surface area contributed by atoms with Gasteiger partial charge in [0.1, 0.15) is 5.78 Å². The highest BCUT2D eigenvalue weighted by molar-refractivity contribution is 5.94. The van der Waals surface area contributed by atoms with E-state index in [-0.39, 0.29) is 17.7 Å². The van der Waals surface area contributed by atoms with Crippen molar-refractivity contribution in [3.05, 3.63) is 65.7 Å². The van der Waals surface area contributed by atoms with Crippen LogP contribution in [-0.2, 0) is 16.0 Å². The maximum absolute atomic E-state index is 12.6. The molecule has 0 aliphatic rings. The van der Waals surface area contributed by atoms with E-state index in [1.54, 1.807) is 13.0 Å². The summed E-state index contributed by atoms with van der Waals surface area (Å²) in [6, 6.07) is 17.1. The van der Waals surface area contributed by atoms with Crippen molar-refractivity contribution < 1.29 is 14.4 Å². The summed E-state index contributed by atoms with van der Waals surface area (Å²) in [7, 11) is 0. The van der Waals surface area contributed by atoms with Crippen molar-refractivity contribution in [2.75, 3.05) is 11.9 Å². The van der Waals surface area contributed by atoms with Gasteiger partial charge in [-0.1, -0.05) is 62.2 Å². The maximum atomic E-state index is 12.6. The van der Waals surface area contributed by atoms with Gasteiger partial charge in [0.15, 0.2) is 5.78 Å². The van der Waals surface area contributed by atoms with Crippen molar-refractivity contribution in [1.82, 2.24) is 5.32 Å². The van der Waals surface area contributed by atoms with Crippen molar-refractivity contribution in [3.8, 4) is 0 Å². The Balaban J connectivity index is 1.90. The molecule has 0 heterocycles. The smallest absolute Gasteiger partial charge is 0.224 e. The molecule has 1 atom stereocenters. The molecule has 0 spiro atoms. The number of unbranched alkanes of at least 4 members (excludes halogenated alkanes) is 2. The first-order valence-electron chi connectivity index (χ1n) is 11.2. The van der Waals surface area contributed by atoms with E-state index in [2.05, 4.69) is 10.6 Å². The lowest BCUT2D eigenvalue weighted by Gasteiger charge is -2.20. The van der Waals surface area contributed by atoms with Crippen LogP contribution < -0.4 is 10.6 Å². The molecule has 0 fully saturated rings. The molecular weight excluding hydrogens is 388 g/mol. The fraction of sp³-hybridized carbons (Fsp3) is 0.423. The molecule has 0 bridgehead atoms. The summed E-state index contributed by atoms with van der Waals surface area (Å²) < 4.78 is 0. The fourth-order valence-corrected chi connectivity index (χ4v) is 3.44. The summed E-state index contributed by atoms with van der Waals surface area (Å²) in [5.74, 6) is 0.328. The molecule has 0 saturated heterocycles. The van der Waals surface area contributed by atoms with Gasteiger partial charge < -0.3 is 10.6 Å². The second-order valence-electron chi connectivity index (χ2n) is 7.94. The number of carbonyl (C=O) groups is 3. The van der Waals surface area contributed by atoms with E-state index in [4.69, 9.17) is 0 Å². The van der Waals surface area contributed by atoms with Crippen LogP contribution in [0.15, 0.2) is 54.6 Å². The summed E-state index contributed by atoms with van der Waals surface area (Å²) >= 11 is 0. The number of benzene rings is 2. The van der Waals surface area contributed by atoms with Gasteiger partial charge >= 0.3 is 0 Å². The highest BCUT2D eigenvalue weighted by Gasteiger charge is 2.13. The predicted octanol–water partition coefficient (Wildman–Crippen LogP) is 4.96. The van der Waals surface area contributed by atoms with Gasteiger partial charge in [0, 0.05) is 36.7 Å². The van der Waals surface area contributed by atoms with Gasteiger partial charge in [-0.2, -0.15) is 0 Å². The number of amides is 1. The van der Waals surface area contributed by atoms with Crippen molar-refractivity contribution in [1.29, 1.82) is 0 Å². The minimum atomic E-state index is -0.0286. The van der Waals surface area contributed by atoms with Gasteiger partial charge in [-0.05, 0) is 37.5 Å². The quantitative estimate of drug-likeness (QED) is 0.333. The number of anilines is 1. The van der Waals surface area contributed by atoms with Gasteiger partial charge in [0.05, 0.1) is 6.42 Å². The standard InChI is InChI=1S/C26H34N2O3/c1-3-25(30)16-9-5-8-14-24(28-26(31)17-21-11-6-4-7-12-21)19-27-23-15-10-13-22(18-23)20(2)29/h4,6-7,10-13,15,18,24,27H,3,5,8-9,14,16-17,19H2,1-2H3,(H,28,31). The highest BCUT2D eigenvalue weighted by atomic mass is 16.1. The summed E-state index contributed by atoms with van der Waals surface area (Å²) in [6.45, 7) is 4.03. The Labute approximate surface area is 185 Å². The van der Waals surface area contributed by atoms with Gasteiger partial charge in [0.2, 0.25) is 5.91 Å². The third-order valence-corrected chi connectivity index (χ3v) is 5.30. The lowest BCUT2D eigenvalue weighted by Crippen LogP contribution is -2.40. The van der Waals surface area contributed by atoms with Crippen LogP contribution in [0.25, 0.3) is 0 Å². The van der Waals surface area contributed by atoms with Crippen molar-refractivity contribution in [2.24, 2.45) is 0 Å². The van der Waals surface area contributed by atoms with E-state index >= 15 is 0 Å². The Kier molecular flexibility index (Phi) is 10.5. The number of hydrogen-bond donors (Lipinski definition) is 2. The van der Waals surface area contributed by atoms with Gasteiger partial charge in [-0.3, -0.25) is 14.4 Å². The van der Waals surface area contributed by atoms with Crippen LogP contribution in [0.2, 0.25) is 0 Å². The molecule has 166 valence electrons. The Morgan fingerprint density at radius 3 is 2.42 bits per heavy atom. The Morgan fingerprint density at radius 1 is 0.935 bits per heavy atom. The first kappa shape index (κ1) is 24.3. The number of carbonyl (C=O) groups excluding carboxylic acids is 3. The largest absolute Gasteiger partial charge is 0.383 e. The number of nitrogens with one attached hydrogen (secondary N) is 2. The Morgan fingerprint density at radius 2 is 1.71 bits per heavy atom. The lowest BCUT2D eigenvalue weighted by molar-refractivity contribution is -0.121. The van der Waals surface area contributed by atoms with Crippen LogP contribution in [-0.4, -0.2) is 30.1 Å². The molecule has 2 rings (SSSR count). The average molecular weight is 423 g/mol. The van der Waals surface area contributed by atoms with Crippen LogP contribution in [0.5, 0.6) is 0 Å². The molecule has 31 heavy (non-hydrogen) atoms. The SMILES string of the molecule is CCC(=O)CCCCCC(CNc1cccc(C(C)=O)c1)NC(=O)Cc1ccccc1. The van der Waals surface area contributed by atoms with Gasteiger partial charge in [-0.15, -0.1) is 0 Å². The minimum absolute atomic E-state index is 0.00310. The summed E-state index contributed by atoms with van der Waals surface area (Å²) in [6.07, 6.45) is 5.23. The second-order valence-corrected chi connectivity index (χ2v) is 7.94. The van der Waals surface area contributed by atoms with E-state index < -0.39 is 0 Å². The third kappa shape index (κ3) is 9.60. The van der Waals surface area contributed by atoms with Crippen LogP contribution >= 0.6 is 0 Å². The van der Waals surface area contributed by atoms with Crippen LogP contribution in [0, 0.1) is 0 Å². The molecule has 2 aromatic rings. The Bertz CT molecular complexity index is 849. The fourth-order valence-electron chi connectivity index (χ4n) is 3.44. The molecule has 0 saturated carbocycles. The molecular formula is C26H34N2O3. The molecule has 0 aliphatic carbocycles. The monoisotopic (exact) mass is 422 g/mol. The molecule has 0 radical (unpaired) electrons. The number of hydrogen-bond acceptors (Lipinski definition) is 4. The summed E-state index contributed by atoms with van der Waals surface area (Å²) in [4.78, 5) is 35.7. The zero-order chi connectivity index (χ0) is 22.5. The van der Waals surface area contributed by atoms with Crippen molar-refractivity contribution in [3.63, 3.8) is 0 Å². The molecule has 5 heteroatoms.